The van der Waals surface area contributed by atoms with Crippen LogP contribution in [-0.4, -0.2) is 25.8 Å². The van der Waals surface area contributed by atoms with Crippen LogP contribution in [0.15, 0.2) is 18.6 Å². The summed E-state index contributed by atoms with van der Waals surface area (Å²) >= 11 is 0. The Kier molecular flexibility index (Phi) is 3.66. The van der Waals surface area contributed by atoms with E-state index in [4.69, 9.17) is 5.11 Å². The summed E-state index contributed by atoms with van der Waals surface area (Å²) in [4.78, 5) is 10.1. The summed E-state index contributed by atoms with van der Waals surface area (Å²) in [6.45, 7) is 3.25. The summed E-state index contributed by atoms with van der Waals surface area (Å²) in [5.74, 6) is -0.197. The van der Waals surface area contributed by atoms with Crippen LogP contribution in [0, 0.1) is 0 Å². The second-order valence-corrected chi connectivity index (χ2v) is 2.59. The van der Waals surface area contributed by atoms with E-state index < -0.39 is 5.97 Å². The number of rotatable bonds is 5. The van der Waals surface area contributed by atoms with Crippen LogP contribution in [-0.2, 0) is 17.9 Å². The van der Waals surface area contributed by atoms with E-state index >= 15 is 0 Å². The van der Waals surface area contributed by atoms with Gasteiger partial charge in [0.15, 0.2) is 5.82 Å². The molecule has 0 radical (unpaired) electrons. The van der Waals surface area contributed by atoms with Crippen LogP contribution < -0.4 is 5.32 Å². The van der Waals surface area contributed by atoms with Crippen molar-refractivity contribution in [3.05, 3.63) is 24.4 Å². The Hall–Kier alpha value is -1.85. The van der Waals surface area contributed by atoms with Crippen molar-refractivity contribution in [1.82, 2.24) is 20.1 Å². The van der Waals surface area contributed by atoms with E-state index in [2.05, 4.69) is 15.5 Å². The highest BCUT2D eigenvalue weighted by Crippen LogP contribution is 1.93. The fourth-order valence-corrected chi connectivity index (χ4v) is 0.960. The molecule has 1 aromatic rings. The van der Waals surface area contributed by atoms with E-state index in [-0.39, 0.29) is 0 Å². The van der Waals surface area contributed by atoms with E-state index in [0.717, 1.165) is 18.4 Å². The van der Waals surface area contributed by atoms with E-state index in [1.54, 1.807) is 6.33 Å². The highest BCUT2D eigenvalue weighted by Gasteiger charge is 1.99. The molecule has 0 aliphatic carbocycles. The van der Waals surface area contributed by atoms with Gasteiger partial charge in [0.1, 0.15) is 6.33 Å². The molecule has 0 fully saturated rings. The van der Waals surface area contributed by atoms with Gasteiger partial charge in [-0.3, -0.25) is 0 Å². The maximum atomic E-state index is 10.1. The molecule has 14 heavy (non-hydrogen) atoms. The van der Waals surface area contributed by atoms with Crippen molar-refractivity contribution >= 4 is 5.97 Å². The lowest BCUT2D eigenvalue weighted by atomic mass is 10.5. The molecular weight excluding hydrogens is 184 g/mol. The van der Waals surface area contributed by atoms with E-state index in [0.29, 0.717) is 6.54 Å². The predicted molar refractivity (Wildman–Crippen MR) is 49.3 cm³/mol. The van der Waals surface area contributed by atoms with Crippen LogP contribution in [0.4, 0.5) is 0 Å². The topological polar surface area (TPSA) is 80.0 Å². The third kappa shape index (κ3) is 2.89. The zero-order valence-electron chi connectivity index (χ0n) is 7.84. The number of nitrogens with zero attached hydrogens (tertiary/aromatic N) is 3. The number of carbonyl (C=O) groups is 1. The molecule has 0 aromatic carbocycles. The van der Waals surface area contributed by atoms with Gasteiger partial charge in [0.05, 0.1) is 6.54 Å². The van der Waals surface area contributed by atoms with Crippen LogP contribution in [0.25, 0.3) is 0 Å². The molecule has 1 heterocycles. The number of aromatic nitrogens is 3. The van der Waals surface area contributed by atoms with Crippen LogP contribution in [0.1, 0.15) is 12.7 Å². The van der Waals surface area contributed by atoms with E-state index in [1.807, 2.05) is 11.5 Å². The summed E-state index contributed by atoms with van der Waals surface area (Å²) in [6.07, 6.45) is 4.04. The van der Waals surface area contributed by atoms with Crippen molar-refractivity contribution in [1.29, 1.82) is 0 Å². The van der Waals surface area contributed by atoms with Gasteiger partial charge in [0, 0.05) is 18.8 Å². The lowest BCUT2D eigenvalue weighted by Crippen LogP contribution is -2.11. The van der Waals surface area contributed by atoms with Gasteiger partial charge in [-0.05, 0) is 6.92 Å². The number of carboxylic acid groups (broad SMARTS) is 1. The zero-order chi connectivity index (χ0) is 10.4. The quantitative estimate of drug-likeness (QED) is 0.647. The standard InChI is InChI=1S/C8H12N4O2/c1-2-12-6-10-11-7(12)5-9-4-3-8(13)14/h3-4,6,9H,2,5H2,1H3,(H,13,14)/b4-3+. The molecule has 2 N–H and O–H groups in total. The first-order valence-electron chi connectivity index (χ1n) is 4.23. The summed E-state index contributed by atoms with van der Waals surface area (Å²) < 4.78 is 1.88. The molecule has 0 aliphatic heterocycles. The molecule has 6 nitrogen and oxygen atoms in total. The average molecular weight is 196 g/mol. The molecular formula is C8H12N4O2. The Labute approximate surface area is 81.3 Å². The normalized spacial score (nSPS) is 10.6. The molecule has 0 amide bonds. The zero-order valence-corrected chi connectivity index (χ0v) is 7.84. The molecule has 0 atom stereocenters. The Bertz CT molecular complexity index is 332. The summed E-state index contributed by atoms with van der Waals surface area (Å²) in [7, 11) is 0. The van der Waals surface area contributed by atoms with Crippen LogP contribution in [0.2, 0.25) is 0 Å². The molecule has 0 aliphatic rings. The maximum absolute atomic E-state index is 10.1. The number of hydrogen-bond acceptors (Lipinski definition) is 4. The molecule has 0 unspecified atom stereocenters. The van der Waals surface area contributed by atoms with Gasteiger partial charge < -0.3 is 15.0 Å². The SMILES string of the molecule is CCn1cnnc1CN/C=C/C(=O)O. The minimum Gasteiger partial charge on any atom is -0.478 e. The molecule has 1 rings (SSSR count). The van der Waals surface area contributed by atoms with E-state index in [1.165, 1.54) is 6.20 Å². The van der Waals surface area contributed by atoms with Gasteiger partial charge in [-0.15, -0.1) is 10.2 Å². The van der Waals surface area contributed by atoms with Crippen LogP contribution in [0.5, 0.6) is 0 Å². The second-order valence-electron chi connectivity index (χ2n) is 2.59. The summed E-state index contributed by atoms with van der Waals surface area (Å²) in [5.41, 5.74) is 0. The number of hydrogen-bond donors (Lipinski definition) is 2. The Balaban J connectivity index is 2.41. The van der Waals surface area contributed by atoms with Gasteiger partial charge in [0.2, 0.25) is 0 Å². The maximum Gasteiger partial charge on any atom is 0.329 e. The van der Waals surface area contributed by atoms with Crippen LogP contribution in [0.3, 0.4) is 0 Å². The molecule has 6 heteroatoms. The Morgan fingerprint density at radius 1 is 1.79 bits per heavy atom. The number of carboxylic acids is 1. The first-order valence-corrected chi connectivity index (χ1v) is 4.23. The minimum absolute atomic E-state index is 0.470. The molecule has 76 valence electrons. The first kappa shape index (κ1) is 10.2. The smallest absolute Gasteiger partial charge is 0.329 e. The first-order chi connectivity index (χ1) is 6.74. The Morgan fingerprint density at radius 2 is 2.57 bits per heavy atom. The summed E-state index contributed by atoms with van der Waals surface area (Å²) in [5, 5.41) is 18.7. The lowest BCUT2D eigenvalue weighted by Gasteiger charge is -2.01. The molecule has 0 bridgehead atoms. The van der Waals surface area contributed by atoms with Crippen molar-refractivity contribution in [2.24, 2.45) is 0 Å². The van der Waals surface area contributed by atoms with Crippen molar-refractivity contribution < 1.29 is 9.90 Å². The fourth-order valence-electron chi connectivity index (χ4n) is 0.960. The van der Waals surface area contributed by atoms with Gasteiger partial charge in [-0.1, -0.05) is 0 Å². The average Bonchev–Trinajstić information content (AvgIpc) is 2.59. The van der Waals surface area contributed by atoms with Crippen molar-refractivity contribution in [3.63, 3.8) is 0 Å². The largest absolute Gasteiger partial charge is 0.478 e. The molecule has 1 aromatic heterocycles. The van der Waals surface area contributed by atoms with Gasteiger partial charge in [0.25, 0.3) is 0 Å². The monoisotopic (exact) mass is 196 g/mol. The number of aliphatic carboxylic acids is 1. The lowest BCUT2D eigenvalue weighted by molar-refractivity contribution is -0.131. The van der Waals surface area contributed by atoms with Crippen molar-refractivity contribution in [2.45, 2.75) is 20.0 Å². The molecule has 0 saturated heterocycles. The van der Waals surface area contributed by atoms with Gasteiger partial charge >= 0.3 is 5.97 Å². The predicted octanol–water partition coefficient (Wildman–Crippen LogP) is -0.0141. The highest BCUT2D eigenvalue weighted by molar-refractivity contribution is 5.79. The Morgan fingerprint density at radius 3 is 3.21 bits per heavy atom. The molecule has 0 spiro atoms. The van der Waals surface area contributed by atoms with Crippen LogP contribution >= 0.6 is 0 Å². The highest BCUT2D eigenvalue weighted by atomic mass is 16.4. The number of nitrogens with one attached hydrogen (secondary N) is 1. The fraction of sp³-hybridized carbons (Fsp3) is 0.375. The van der Waals surface area contributed by atoms with E-state index in [9.17, 15) is 4.79 Å². The number of aryl methyl sites for hydroxylation is 1. The summed E-state index contributed by atoms with van der Waals surface area (Å²) in [6, 6.07) is 0. The van der Waals surface area contributed by atoms with Crippen molar-refractivity contribution in [2.75, 3.05) is 0 Å². The third-order valence-corrected chi connectivity index (χ3v) is 1.64. The molecule has 0 saturated carbocycles. The second kappa shape index (κ2) is 5.00. The third-order valence-electron chi connectivity index (χ3n) is 1.64. The van der Waals surface area contributed by atoms with Gasteiger partial charge in [-0.25, -0.2) is 4.79 Å². The minimum atomic E-state index is -0.977. The van der Waals surface area contributed by atoms with Gasteiger partial charge in [-0.2, -0.15) is 0 Å². The van der Waals surface area contributed by atoms with Crippen molar-refractivity contribution in [3.8, 4) is 0 Å².